The zero-order chi connectivity index (χ0) is 12.8. The van der Waals surface area contributed by atoms with Crippen LogP contribution in [0.1, 0.15) is 23.7 Å². The van der Waals surface area contributed by atoms with Gasteiger partial charge in [-0.25, -0.2) is 0 Å². The van der Waals surface area contributed by atoms with Crippen molar-refractivity contribution in [1.82, 2.24) is 10.3 Å². The predicted molar refractivity (Wildman–Crippen MR) is 75.4 cm³/mol. The number of hydrogen-bond donors (Lipinski definition) is 1. The van der Waals surface area contributed by atoms with Gasteiger partial charge in [0.15, 0.2) is 0 Å². The van der Waals surface area contributed by atoms with Crippen LogP contribution in [0.25, 0.3) is 0 Å². The number of rotatable bonds is 5. The molecule has 2 rings (SSSR count). The van der Waals surface area contributed by atoms with E-state index in [-0.39, 0.29) is 0 Å². The number of benzene rings is 1. The maximum Gasteiger partial charge on any atom is 0.0541 e. The molecule has 1 aromatic carbocycles. The molecule has 1 aromatic heterocycles. The molecule has 0 saturated carbocycles. The fraction of sp³-hybridized carbons (Fsp3) is 0.312. The molecule has 0 amide bonds. The number of aryl methyl sites for hydroxylation is 1. The zero-order valence-electron chi connectivity index (χ0n) is 11.1. The Kier molecular flexibility index (Phi) is 4.48. The maximum absolute atomic E-state index is 4.31. The molecule has 0 aliphatic heterocycles. The first-order chi connectivity index (χ1) is 8.75. The van der Waals surface area contributed by atoms with Crippen LogP contribution in [0.2, 0.25) is 0 Å². The fourth-order valence-corrected chi connectivity index (χ4v) is 2.02. The molecule has 18 heavy (non-hydrogen) atoms. The third kappa shape index (κ3) is 3.67. The van der Waals surface area contributed by atoms with Crippen LogP contribution in [0.5, 0.6) is 0 Å². The lowest BCUT2D eigenvalue weighted by Crippen LogP contribution is -2.28. The molecule has 2 nitrogen and oxygen atoms in total. The van der Waals surface area contributed by atoms with E-state index in [1.807, 2.05) is 24.4 Å². The van der Waals surface area contributed by atoms with Crippen LogP contribution in [0.3, 0.4) is 0 Å². The Bertz CT molecular complexity index is 479. The Hall–Kier alpha value is -1.67. The Morgan fingerprint density at radius 1 is 1.11 bits per heavy atom. The van der Waals surface area contributed by atoms with Gasteiger partial charge in [-0.15, -0.1) is 0 Å². The van der Waals surface area contributed by atoms with Gasteiger partial charge in [0.1, 0.15) is 0 Å². The van der Waals surface area contributed by atoms with Gasteiger partial charge in [0.05, 0.1) is 5.69 Å². The SMILES string of the molecule is Cc1ccccc1CC(C)NCc1ccccn1. The highest BCUT2D eigenvalue weighted by Crippen LogP contribution is 2.09. The summed E-state index contributed by atoms with van der Waals surface area (Å²) in [6.45, 7) is 5.21. The average molecular weight is 240 g/mol. The highest BCUT2D eigenvalue weighted by Gasteiger charge is 2.05. The minimum Gasteiger partial charge on any atom is -0.308 e. The summed E-state index contributed by atoms with van der Waals surface area (Å²) < 4.78 is 0. The van der Waals surface area contributed by atoms with Crippen molar-refractivity contribution in [3.05, 3.63) is 65.5 Å². The number of aromatic nitrogens is 1. The van der Waals surface area contributed by atoms with Crippen LogP contribution in [-0.4, -0.2) is 11.0 Å². The monoisotopic (exact) mass is 240 g/mol. The van der Waals surface area contributed by atoms with Crippen LogP contribution in [0.15, 0.2) is 48.7 Å². The molecule has 0 saturated heterocycles. The molecule has 94 valence electrons. The highest BCUT2D eigenvalue weighted by atomic mass is 14.9. The molecule has 0 aliphatic rings. The van der Waals surface area contributed by atoms with Crippen molar-refractivity contribution >= 4 is 0 Å². The number of hydrogen-bond acceptors (Lipinski definition) is 2. The minimum atomic E-state index is 0.452. The van der Waals surface area contributed by atoms with E-state index in [1.165, 1.54) is 11.1 Å². The number of nitrogens with one attached hydrogen (secondary N) is 1. The Labute approximate surface area is 109 Å². The molecule has 1 heterocycles. The summed E-state index contributed by atoms with van der Waals surface area (Å²) in [4.78, 5) is 4.31. The van der Waals surface area contributed by atoms with Crippen LogP contribution in [-0.2, 0) is 13.0 Å². The summed E-state index contributed by atoms with van der Waals surface area (Å²) in [5.41, 5.74) is 3.87. The summed E-state index contributed by atoms with van der Waals surface area (Å²) in [6, 6.07) is 15.0. The molecular formula is C16H20N2. The van der Waals surface area contributed by atoms with Gasteiger partial charge >= 0.3 is 0 Å². The quantitative estimate of drug-likeness (QED) is 0.868. The van der Waals surface area contributed by atoms with Gasteiger partial charge < -0.3 is 5.32 Å². The van der Waals surface area contributed by atoms with Gasteiger partial charge in [0.2, 0.25) is 0 Å². The second-order valence-corrected chi connectivity index (χ2v) is 4.73. The molecular weight excluding hydrogens is 220 g/mol. The maximum atomic E-state index is 4.31. The molecule has 2 aromatic rings. The van der Waals surface area contributed by atoms with Crippen molar-refractivity contribution < 1.29 is 0 Å². The van der Waals surface area contributed by atoms with Crippen molar-refractivity contribution in [2.24, 2.45) is 0 Å². The summed E-state index contributed by atoms with van der Waals surface area (Å²) in [5, 5.41) is 3.51. The van der Waals surface area contributed by atoms with E-state index >= 15 is 0 Å². The minimum absolute atomic E-state index is 0.452. The van der Waals surface area contributed by atoms with Crippen LogP contribution in [0.4, 0.5) is 0 Å². The van der Waals surface area contributed by atoms with E-state index < -0.39 is 0 Å². The largest absolute Gasteiger partial charge is 0.308 e. The topological polar surface area (TPSA) is 24.9 Å². The van der Waals surface area contributed by atoms with Gasteiger partial charge in [0, 0.05) is 18.8 Å². The number of pyridine rings is 1. The van der Waals surface area contributed by atoms with Crippen molar-refractivity contribution in [3.63, 3.8) is 0 Å². The van der Waals surface area contributed by atoms with E-state index in [9.17, 15) is 0 Å². The first-order valence-corrected chi connectivity index (χ1v) is 6.43. The van der Waals surface area contributed by atoms with E-state index in [2.05, 4.69) is 48.4 Å². The molecule has 1 N–H and O–H groups in total. The predicted octanol–water partition coefficient (Wildman–Crippen LogP) is 3.11. The standard InChI is InChI=1S/C16H20N2/c1-13-7-3-4-8-15(13)11-14(2)18-12-16-9-5-6-10-17-16/h3-10,14,18H,11-12H2,1-2H3. The number of nitrogens with zero attached hydrogens (tertiary/aromatic N) is 1. The van der Waals surface area contributed by atoms with Crippen molar-refractivity contribution in [3.8, 4) is 0 Å². The lowest BCUT2D eigenvalue weighted by atomic mass is 10.0. The second-order valence-electron chi connectivity index (χ2n) is 4.73. The Morgan fingerprint density at radius 3 is 2.61 bits per heavy atom. The van der Waals surface area contributed by atoms with Crippen LogP contribution < -0.4 is 5.32 Å². The summed E-state index contributed by atoms with van der Waals surface area (Å²) >= 11 is 0. The van der Waals surface area contributed by atoms with Crippen molar-refractivity contribution in [1.29, 1.82) is 0 Å². The third-order valence-corrected chi connectivity index (χ3v) is 3.15. The molecule has 0 spiro atoms. The first kappa shape index (κ1) is 12.8. The van der Waals surface area contributed by atoms with E-state index in [0.29, 0.717) is 6.04 Å². The normalized spacial score (nSPS) is 12.3. The summed E-state index contributed by atoms with van der Waals surface area (Å²) in [6.07, 6.45) is 2.89. The molecule has 0 fully saturated rings. The summed E-state index contributed by atoms with van der Waals surface area (Å²) in [5.74, 6) is 0. The smallest absolute Gasteiger partial charge is 0.0541 e. The first-order valence-electron chi connectivity index (χ1n) is 6.43. The van der Waals surface area contributed by atoms with E-state index in [4.69, 9.17) is 0 Å². The Morgan fingerprint density at radius 2 is 1.89 bits per heavy atom. The average Bonchev–Trinajstić information content (AvgIpc) is 2.40. The lowest BCUT2D eigenvalue weighted by molar-refractivity contribution is 0.539. The van der Waals surface area contributed by atoms with Gasteiger partial charge in [-0.3, -0.25) is 4.98 Å². The van der Waals surface area contributed by atoms with Crippen molar-refractivity contribution in [2.45, 2.75) is 32.9 Å². The summed E-state index contributed by atoms with van der Waals surface area (Å²) in [7, 11) is 0. The van der Waals surface area contributed by atoms with E-state index in [1.54, 1.807) is 0 Å². The third-order valence-electron chi connectivity index (χ3n) is 3.15. The molecule has 0 radical (unpaired) electrons. The van der Waals surface area contributed by atoms with Gasteiger partial charge in [-0.2, -0.15) is 0 Å². The molecule has 0 aliphatic carbocycles. The lowest BCUT2D eigenvalue weighted by Gasteiger charge is -2.15. The molecule has 2 heteroatoms. The van der Waals surface area contributed by atoms with Crippen LogP contribution in [0, 0.1) is 6.92 Å². The molecule has 1 unspecified atom stereocenters. The molecule has 0 bridgehead atoms. The molecule has 1 atom stereocenters. The van der Waals surface area contributed by atoms with Crippen molar-refractivity contribution in [2.75, 3.05) is 0 Å². The second kappa shape index (κ2) is 6.31. The fourth-order valence-electron chi connectivity index (χ4n) is 2.02. The highest BCUT2D eigenvalue weighted by molar-refractivity contribution is 5.26. The van der Waals surface area contributed by atoms with Gasteiger partial charge in [-0.05, 0) is 43.5 Å². The Balaban J connectivity index is 1.86. The van der Waals surface area contributed by atoms with Gasteiger partial charge in [0.25, 0.3) is 0 Å². The van der Waals surface area contributed by atoms with E-state index in [0.717, 1.165) is 18.7 Å². The van der Waals surface area contributed by atoms with Gasteiger partial charge in [-0.1, -0.05) is 30.3 Å². The zero-order valence-corrected chi connectivity index (χ0v) is 11.1. The van der Waals surface area contributed by atoms with Crippen LogP contribution >= 0.6 is 0 Å².